The fourth-order valence-corrected chi connectivity index (χ4v) is 1.67. The lowest BCUT2D eigenvalue weighted by atomic mass is 10.3. The lowest BCUT2D eigenvalue weighted by molar-refractivity contribution is -0.276. The Kier molecular flexibility index (Phi) is 4.08. The topological polar surface area (TPSA) is 44.2 Å². The average molecular weight is 382 g/mol. The van der Waals surface area contributed by atoms with Gasteiger partial charge in [0.05, 0.1) is 16.0 Å². The number of benzene rings is 1. The summed E-state index contributed by atoms with van der Waals surface area (Å²) in [5.41, 5.74) is 0. The molecule has 2 aromatic rings. The van der Waals surface area contributed by atoms with Crippen LogP contribution >= 0.6 is 22.6 Å². The minimum atomic E-state index is -4.79. The van der Waals surface area contributed by atoms with Crippen molar-refractivity contribution in [3.63, 3.8) is 0 Å². The molecule has 1 heterocycles. The van der Waals surface area contributed by atoms with E-state index in [9.17, 15) is 13.2 Å². The average Bonchev–Trinajstić information content (AvgIpc) is 2.33. The molecule has 0 saturated carbocycles. The molecule has 0 atom stereocenters. The monoisotopic (exact) mass is 382 g/mol. The van der Waals surface area contributed by atoms with Crippen molar-refractivity contribution in [3.8, 4) is 17.5 Å². The summed E-state index contributed by atoms with van der Waals surface area (Å²) in [6.45, 7) is 0. The smallest absolute Gasteiger partial charge is 0.436 e. The Labute approximate surface area is 119 Å². The van der Waals surface area contributed by atoms with Gasteiger partial charge < -0.3 is 9.47 Å². The van der Waals surface area contributed by atoms with Gasteiger partial charge in [-0.15, -0.1) is 13.2 Å². The molecule has 0 saturated heterocycles. The number of aromatic nitrogens is 2. The molecule has 0 fully saturated rings. The number of halogens is 4. The summed E-state index contributed by atoms with van der Waals surface area (Å²) >= 11 is 2.07. The van der Waals surface area contributed by atoms with Gasteiger partial charge in [0.25, 0.3) is 0 Å². The molecule has 0 aliphatic heterocycles. The van der Waals surface area contributed by atoms with E-state index in [1.165, 1.54) is 0 Å². The van der Waals surface area contributed by atoms with Gasteiger partial charge in [-0.25, -0.2) is 9.97 Å². The van der Waals surface area contributed by atoms with Crippen LogP contribution < -0.4 is 9.47 Å². The molecule has 0 radical (unpaired) electrons. The van der Waals surface area contributed by atoms with Crippen molar-refractivity contribution in [1.82, 2.24) is 9.97 Å². The van der Waals surface area contributed by atoms with Crippen molar-refractivity contribution in [2.75, 3.05) is 0 Å². The van der Waals surface area contributed by atoms with Gasteiger partial charge in [0.1, 0.15) is 5.75 Å². The molecule has 0 spiro atoms. The Morgan fingerprint density at radius 3 is 2.21 bits per heavy atom. The third-order valence-corrected chi connectivity index (χ3v) is 2.77. The maximum Gasteiger partial charge on any atom is 0.574 e. The van der Waals surface area contributed by atoms with E-state index in [1.54, 1.807) is 12.1 Å². The van der Waals surface area contributed by atoms with Crippen molar-refractivity contribution in [1.29, 1.82) is 0 Å². The number of hydrogen-bond acceptors (Lipinski definition) is 4. The summed E-state index contributed by atoms with van der Waals surface area (Å²) in [5, 5.41) is 0. The van der Waals surface area contributed by atoms with Gasteiger partial charge in [0, 0.05) is 0 Å². The van der Waals surface area contributed by atoms with E-state index >= 15 is 0 Å². The predicted octanol–water partition coefficient (Wildman–Crippen LogP) is 3.77. The Balaban J connectivity index is 2.09. The lowest BCUT2D eigenvalue weighted by Crippen LogP contribution is -2.18. The van der Waals surface area contributed by atoms with E-state index in [2.05, 4.69) is 37.3 Å². The van der Waals surface area contributed by atoms with Gasteiger partial charge in [0.15, 0.2) is 0 Å². The van der Waals surface area contributed by atoms with Gasteiger partial charge in [0.2, 0.25) is 11.8 Å². The highest BCUT2D eigenvalue weighted by atomic mass is 127. The summed E-state index contributed by atoms with van der Waals surface area (Å²) in [6, 6.07) is 7.14. The maximum atomic E-state index is 11.9. The second kappa shape index (κ2) is 5.59. The highest BCUT2D eigenvalue weighted by Gasteiger charge is 2.31. The van der Waals surface area contributed by atoms with Crippen LogP contribution in [0.1, 0.15) is 0 Å². The van der Waals surface area contributed by atoms with Crippen LogP contribution in [0.15, 0.2) is 36.7 Å². The number of ether oxygens (including phenoxy) is 2. The highest BCUT2D eigenvalue weighted by Crippen LogP contribution is 2.26. The van der Waals surface area contributed by atoms with Crippen molar-refractivity contribution < 1.29 is 22.6 Å². The van der Waals surface area contributed by atoms with Crippen LogP contribution in [0.3, 0.4) is 0 Å². The third kappa shape index (κ3) is 4.23. The number of alkyl halides is 3. The van der Waals surface area contributed by atoms with Crippen LogP contribution in [0.5, 0.6) is 17.5 Å². The number of nitrogens with zero attached hydrogens (tertiary/aromatic N) is 2. The van der Waals surface area contributed by atoms with Gasteiger partial charge in [-0.3, -0.25) is 0 Å². The first-order valence-electron chi connectivity index (χ1n) is 4.94. The molecule has 1 aromatic heterocycles. The first-order chi connectivity index (χ1) is 8.94. The molecular weight excluding hydrogens is 376 g/mol. The van der Waals surface area contributed by atoms with E-state index in [1.807, 2.05) is 12.1 Å². The molecule has 19 heavy (non-hydrogen) atoms. The van der Waals surface area contributed by atoms with Gasteiger partial charge in [-0.1, -0.05) is 12.1 Å². The second-order valence-corrected chi connectivity index (χ2v) is 4.44. The number of para-hydroxylation sites is 1. The number of rotatable bonds is 3. The first kappa shape index (κ1) is 13.8. The molecule has 1 aromatic carbocycles. The van der Waals surface area contributed by atoms with Crippen LogP contribution in [0.4, 0.5) is 13.2 Å². The Morgan fingerprint density at radius 1 is 1.00 bits per heavy atom. The van der Waals surface area contributed by atoms with Gasteiger partial charge in [-0.2, -0.15) is 0 Å². The zero-order chi connectivity index (χ0) is 13.9. The molecule has 2 rings (SSSR count). The fourth-order valence-electron chi connectivity index (χ4n) is 1.17. The standard InChI is InChI=1S/C11H6F3IN2O2/c12-11(13,14)19-10-6-16-9(5-17-10)18-8-4-2-1-3-7(8)15/h1-6H. The van der Waals surface area contributed by atoms with Gasteiger partial charge >= 0.3 is 6.36 Å². The minimum absolute atomic E-state index is 0.0821. The van der Waals surface area contributed by atoms with Crippen LogP contribution in [0, 0.1) is 3.57 Å². The molecule has 0 unspecified atom stereocenters. The van der Waals surface area contributed by atoms with E-state index < -0.39 is 12.2 Å². The molecule has 100 valence electrons. The Morgan fingerprint density at radius 2 is 1.63 bits per heavy atom. The van der Waals surface area contributed by atoms with Crippen LogP contribution in [0.2, 0.25) is 0 Å². The normalized spacial score (nSPS) is 11.2. The highest BCUT2D eigenvalue weighted by molar-refractivity contribution is 14.1. The van der Waals surface area contributed by atoms with E-state index in [4.69, 9.17) is 4.74 Å². The summed E-state index contributed by atoms with van der Waals surface area (Å²) < 4.78 is 45.6. The van der Waals surface area contributed by atoms with Crippen molar-refractivity contribution in [2.45, 2.75) is 6.36 Å². The first-order valence-corrected chi connectivity index (χ1v) is 6.02. The molecule has 4 nitrogen and oxygen atoms in total. The SMILES string of the molecule is FC(F)(F)Oc1cnc(Oc2ccccc2I)cn1. The van der Waals surface area contributed by atoms with Crippen LogP contribution in [0.25, 0.3) is 0 Å². The third-order valence-electron chi connectivity index (χ3n) is 1.88. The minimum Gasteiger partial charge on any atom is -0.436 e. The molecular formula is C11H6F3IN2O2. The second-order valence-electron chi connectivity index (χ2n) is 3.27. The maximum absolute atomic E-state index is 11.9. The summed E-state index contributed by atoms with van der Waals surface area (Å²) in [4.78, 5) is 7.14. The van der Waals surface area contributed by atoms with Crippen LogP contribution in [-0.4, -0.2) is 16.3 Å². The predicted molar refractivity (Wildman–Crippen MR) is 67.9 cm³/mol. The van der Waals surface area contributed by atoms with Crippen molar-refractivity contribution >= 4 is 22.6 Å². The zero-order valence-electron chi connectivity index (χ0n) is 9.19. The molecule has 0 N–H and O–H groups in total. The molecule has 0 aliphatic carbocycles. The van der Waals surface area contributed by atoms with E-state index in [0.717, 1.165) is 16.0 Å². The van der Waals surface area contributed by atoms with E-state index in [-0.39, 0.29) is 5.88 Å². The van der Waals surface area contributed by atoms with Crippen molar-refractivity contribution in [2.24, 2.45) is 0 Å². The van der Waals surface area contributed by atoms with E-state index in [0.29, 0.717) is 5.75 Å². The van der Waals surface area contributed by atoms with Crippen LogP contribution in [-0.2, 0) is 0 Å². The summed E-state index contributed by atoms with van der Waals surface area (Å²) in [7, 11) is 0. The summed E-state index contributed by atoms with van der Waals surface area (Å²) in [5.74, 6) is -0.0110. The lowest BCUT2D eigenvalue weighted by Gasteiger charge is -2.08. The number of hydrogen-bond donors (Lipinski definition) is 0. The van der Waals surface area contributed by atoms with Crippen molar-refractivity contribution in [3.05, 3.63) is 40.2 Å². The molecule has 0 amide bonds. The largest absolute Gasteiger partial charge is 0.574 e. The quantitative estimate of drug-likeness (QED) is 0.759. The molecule has 8 heteroatoms. The summed E-state index contributed by atoms with van der Waals surface area (Å²) in [6.07, 6.45) is -2.88. The molecule has 0 aliphatic rings. The van der Waals surface area contributed by atoms with Gasteiger partial charge in [-0.05, 0) is 34.7 Å². The Hall–Kier alpha value is -1.58. The zero-order valence-corrected chi connectivity index (χ0v) is 11.3. The molecule has 0 bridgehead atoms. The Bertz CT molecular complexity index is 561. The fraction of sp³-hybridized carbons (Fsp3) is 0.0909.